The van der Waals surface area contributed by atoms with Gasteiger partial charge in [-0.2, -0.15) is 9.57 Å². The van der Waals surface area contributed by atoms with Crippen molar-refractivity contribution >= 4 is 42.6 Å². The van der Waals surface area contributed by atoms with E-state index in [1.807, 2.05) is 27.7 Å². The summed E-state index contributed by atoms with van der Waals surface area (Å²) >= 11 is 1.17. The molecule has 0 saturated heterocycles. The fourth-order valence-electron chi connectivity index (χ4n) is 2.63. The van der Waals surface area contributed by atoms with Gasteiger partial charge in [0, 0.05) is 12.1 Å². The molecule has 0 unspecified atom stereocenters. The Labute approximate surface area is 151 Å². The molecule has 0 bridgehead atoms. The van der Waals surface area contributed by atoms with Crippen LogP contribution in [0.5, 0.6) is 0 Å². The zero-order valence-corrected chi connectivity index (χ0v) is 16.1. The maximum absolute atomic E-state index is 12.9. The average molecular weight is 380 g/mol. The summed E-state index contributed by atoms with van der Waals surface area (Å²) in [5, 5.41) is 11.4. The van der Waals surface area contributed by atoms with Crippen LogP contribution < -0.4 is 5.32 Å². The molecule has 0 aliphatic rings. The Bertz CT molecular complexity index is 918. The van der Waals surface area contributed by atoms with Gasteiger partial charge in [-0.1, -0.05) is 11.3 Å². The van der Waals surface area contributed by atoms with E-state index in [2.05, 4.69) is 10.3 Å². The van der Waals surface area contributed by atoms with E-state index in [1.165, 1.54) is 21.7 Å². The van der Waals surface area contributed by atoms with Crippen molar-refractivity contribution < 1.29 is 13.2 Å². The van der Waals surface area contributed by atoms with Crippen molar-refractivity contribution in [3.8, 4) is 6.07 Å². The highest BCUT2D eigenvalue weighted by molar-refractivity contribution is 7.89. The molecule has 1 heterocycles. The van der Waals surface area contributed by atoms with Crippen LogP contribution in [0.2, 0.25) is 0 Å². The number of nitrogens with one attached hydrogen (secondary N) is 1. The number of aromatic nitrogens is 1. The summed E-state index contributed by atoms with van der Waals surface area (Å²) in [4.78, 5) is 15.9. The first-order chi connectivity index (χ1) is 11.7. The highest BCUT2D eigenvalue weighted by Crippen LogP contribution is 2.30. The topological polar surface area (TPSA) is 103 Å². The minimum atomic E-state index is -3.63. The van der Waals surface area contributed by atoms with Gasteiger partial charge >= 0.3 is 0 Å². The van der Waals surface area contributed by atoms with Gasteiger partial charge in [0.15, 0.2) is 5.13 Å². The Morgan fingerprint density at radius 2 is 1.96 bits per heavy atom. The first-order valence-corrected chi connectivity index (χ1v) is 10.0. The smallest absolute Gasteiger partial charge is 0.243 e. The number of sulfonamides is 1. The predicted molar refractivity (Wildman–Crippen MR) is 97.8 cm³/mol. The molecular weight excluding hydrogens is 360 g/mol. The molecule has 0 atom stereocenters. The number of anilines is 1. The molecule has 1 amide bonds. The molecule has 25 heavy (non-hydrogen) atoms. The summed E-state index contributed by atoms with van der Waals surface area (Å²) in [5.74, 6) is -0.444. The molecule has 0 spiro atoms. The van der Waals surface area contributed by atoms with E-state index < -0.39 is 15.9 Å². The Morgan fingerprint density at radius 3 is 2.52 bits per heavy atom. The fourth-order valence-corrected chi connectivity index (χ4v) is 5.48. The van der Waals surface area contributed by atoms with Gasteiger partial charge in [-0.05, 0) is 45.9 Å². The summed E-state index contributed by atoms with van der Waals surface area (Å²) in [6, 6.07) is 6.15. The molecule has 1 N–H and O–H groups in total. The van der Waals surface area contributed by atoms with Gasteiger partial charge in [0.2, 0.25) is 15.9 Å². The number of hydrogen-bond donors (Lipinski definition) is 1. The van der Waals surface area contributed by atoms with Gasteiger partial charge in [-0.3, -0.25) is 4.79 Å². The lowest BCUT2D eigenvalue weighted by Crippen LogP contribution is -2.41. The van der Waals surface area contributed by atoms with E-state index in [0.29, 0.717) is 15.3 Å². The first kappa shape index (κ1) is 19.3. The van der Waals surface area contributed by atoms with Gasteiger partial charge in [0.25, 0.3) is 0 Å². The largest absolute Gasteiger partial charge is 0.301 e. The third kappa shape index (κ3) is 4.15. The Kier molecular flexibility index (Phi) is 5.77. The number of thiazole rings is 1. The van der Waals surface area contributed by atoms with Crippen LogP contribution in [-0.4, -0.2) is 35.7 Å². The fraction of sp³-hybridized carbons (Fsp3) is 0.438. The third-order valence-corrected chi connectivity index (χ3v) is 6.62. The van der Waals surface area contributed by atoms with Gasteiger partial charge in [0.05, 0.1) is 21.2 Å². The Morgan fingerprint density at radius 1 is 1.32 bits per heavy atom. The summed E-state index contributed by atoms with van der Waals surface area (Å²) in [6.07, 6.45) is -0.257. The molecule has 0 aliphatic carbocycles. The number of rotatable bonds is 6. The van der Waals surface area contributed by atoms with E-state index in [-0.39, 0.29) is 23.4 Å². The lowest BCUT2D eigenvalue weighted by Gasteiger charge is -2.29. The van der Waals surface area contributed by atoms with E-state index in [1.54, 1.807) is 18.2 Å². The van der Waals surface area contributed by atoms with Crippen molar-refractivity contribution in [2.45, 2.75) is 51.1 Å². The molecule has 134 valence electrons. The van der Waals surface area contributed by atoms with Crippen LogP contribution in [0.3, 0.4) is 0 Å². The highest BCUT2D eigenvalue weighted by atomic mass is 32.2. The summed E-state index contributed by atoms with van der Waals surface area (Å²) in [5.41, 5.74) is 0.594. The van der Waals surface area contributed by atoms with Crippen LogP contribution >= 0.6 is 11.3 Å². The van der Waals surface area contributed by atoms with Gasteiger partial charge in [0.1, 0.15) is 6.42 Å². The van der Waals surface area contributed by atoms with Gasteiger partial charge in [-0.15, -0.1) is 0 Å². The lowest BCUT2D eigenvalue weighted by atomic mass is 10.3. The average Bonchev–Trinajstić information content (AvgIpc) is 2.86. The van der Waals surface area contributed by atoms with E-state index >= 15 is 0 Å². The van der Waals surface area contributed by atoms with Crippen molar-refractivity contribution in [1.29, 1.82) is 5.26 Å². The van der Waals surface area contributed by atoms with Crippen molar-refractivity contribution in [1.82, 2.24) is 9.29 Å². The zero-order chi connectivity index (χ0) is 18.8. The quantitative estimate of drug-likeness (QED) is 0.830. The van der Waals surface area contributed by atoms with Crippen molar-refractivity contribution in [2.75, 3.05) is 5.32 Å². The van der Waals surface area contributed by atoms with Gasteiger partial charge < -0.3 is 5.32 Å². The number of carbonyl (C=O) groups is 1. The van der Waals surface area contributed by atoms with Crippen molar-refractivity contribution in [3.05, 3.63) is 18.2 Å². The van der Waals surface area contributed by atoms with E-state index in [9.17, 15) is 13.2 Å². The van der Waals surface area contributed by atoms with Crippen molar-refractivity contribution in [2.24, 2.45) is 0 Å². The second-order valence-electron chi connectivity index (χ2n) is 6.05. The molecule has 0 fully saturated rings. The lowest BCUT2D eigenvalue weighted by molar-refractivity contribution is -0.115. The van der Waals surface area contributed by atoms with E-state index in [0.717, 1.165) is 0 Å². The summed E-state index contributed by atoms with van der Waals surface area (Å²) in [6.45, 7) is 7.36. The molecule has 2 aromatic rings. The van der Waals surface area contributed by atoms with Gasteiger partial charge in [-0.25, -0.2) is 13.4 Å². The van der Waals surface area contributed by atoms with E-state index in [4.69, 9.17) is 5.26 Å². The molecule has 1 aromatic carbocycles. The van der Waals surface area contributed by atoms with Crippen LogP contribution in [-0.2, 0) is 14.8 Å². The number of amides is 1. The normalized spacial score (nSPS) is 12.1. The Hall–Kier alpha value is -2.02. The zero-order valence-electron chi connectivity index (χ0n) is 14.5. The number of carbonyl (C=O) groups excluding carboxylic acids is 1. The maximum atomic E-state index is 12.9. The Balaban J connectivity index is 2.41. The number of benzene rings is 1. The molecule has 0 radical (unpaired) electrons. The monoisotopic (exact) mass is 380 g/mol. The molecule has 2 rings (SSSR count). The maximum Gasteiger partial charge on any atom is 0.243 e. The van der Waals surface area contributed by atoms with Crippen molar-refractivity contribution in [3.63, 3.8) is 0 Å². The number of hydrogen-bond acceptors (Lipinski definition) is 6. The molecule has 7 nitrogen and oxygen atoms in total. The van der Waals surface area contributed by atoms with Crippen LogP contribution in [0.4, 0.5) is 5.13 Å². The molecule has 9 heteroatoms. The second kappa shape index (κ2) is 7.47. The molecule has 1 aromatic heterocycles. The first-order valence-electron chi connectivity index (χ1n) is 7.77. The molecule has 0 aliphatic heterocycles. The summed E-state index contributed by atoms with van der Waals surface area (Å²) < 4.78 is 28.0. The number of nitriles is 1. The number of fused-ring (bicyclic) bond motifs is 1. The standard InChI is InChI=1S/C16H20N4O3S2/c1-10(2)20(11(3)4)25(22,23)12-5-6-13-14(9-12)24-16(18-13)19-15(21)7-8-17/h5-6,9-11H,7H2,1-4H3,(H,18,19,21). The molecular formula is C16H20N4O3S2. The highest BCUT2D eigenvalue weighted by Gasteiger charge is 2.29. The number of nitrogens with zero attached hydrogens (tertiary/aromatic N) is 3. The minimum Gasteiger partial charge on any atom is -0.301 e. The minimum absolute atomic E-state index is 0.164. The van der Waals surface area contributed by atoms with Crippen LogP contribution in [0.25, 0.3) is 10.2 Å². The van der Waals surface area contributed by atoms with Crippen LogP contribution in [0.15, 0.2) is 23.1 Å². The SMILES string of the molecule is CC(C)N(C(C)C)S(=O)(=O)c1ccc2nc(NC(=O)CC#N)sc2c1. The van der Waals surface area contributed by atoms with Crippen LogP contribution in [0, 0.1) is 11.3 Å². The molecule has 0 saturated carbocycles. The third-order valence-electron chi connectivity index (χ3n) is 3.44. The predicted octanol–water partition coefficient (Wildman–Crippen LogP) is 2.96. The second-order valence-corrected chi connectivity index (χ2v) is 8.93. The summed E-state index contributed by atoms with van der Waals surface area (Å²) in [7, 11) is -3.63. The van der Waals surface area contributed by atoms with Crippen LogP contribution in [0.1, 0.15) is 34.1 Å².